The molecule has 0 bridgehead atoms. The lowest BCUT2D eigenvalue weighted by Gasteiger charge is -2.29. The Morgan fingerprint density at radius 1 is 0.920 bits per heavy atom. The van der Waals surface area contributed by atoms with Crippen LogP contribution in [0, 0.1) is 16.7 Å². The van der Waals surface area contributed by atoms with E-state index < -0.39 is 78.8 Å². The minimum absolute atomic E-state index is 0.0784. The SMILES string of the molecule is C=CCOC(=O)N[C@@H](Cc1ccc(C(=N)N)cc1)C(=O)N[C@@H](CCC(=O)O)C(=O)N[C@H](C(=O)N[C@@H](CC1CCCCC1)C(=O)O)C(N)C(C)=N. The van der Waals surface area contributed by atoms with Crippen LogP contribution in [0.5, 0.6) is 0 Å². The lowest BCUT2D eigenvalue weighted by atomic mass is 9.84. The molecular weight excluding hydrogens is 652 g/mol. The molecule has 274 valence electrons. The third-order valence-electron chi connectivity index (χ3n) is 8.27. The molecule has 50 heavy (non-hydrogen) atoms. The fourth-order valence-corrected chi connectivity index (χ4v) is 5.45. The van der Waals surface area contributed by atoms with Gasteiger partial charge in [0.25, 0.3) is 0 Å². The normalized spacial score (nSPS) is 15.9. The van der Waals surface area contributed by atoms with Crippen molar-refractivity contribution in [3.8, 4) is 0 Å². The van der Waals surface area contributed by atoms with Crippen molar-refractivity contribution in [2.75, 3.05) is 6.61 Å². The first kappa shape index (κ1) is 40.9. The van der Waals surface area contributed by atoms with Crippen molar-refractivity contribution in [2.45, 2.75) is 94.9 Å². The van der Waals surface area contributed by atoms with Gasteiger partial charge in [-0.3, -0.25) is 24.6 Å². The molecule has 17 nitrogen and oxygen atoms in total. The lowest BCUT2D eigenvalue weighted by Crippen LogP contribution is -2.63. The van der Waals surface area contributed by atoms with Crippen LogP contribution in [0.4, 0.5) is 4.79 Å². The van der Waals surface area contributed by atoms with E-state index in [4.69, 9.17) is 27.0 Å². The van der Waals surface area contributed by atoms with Crippen molar-refractivity contribution >= 4 is 47.3 Å². The van der Waals surface area contributed by atoms with E-state index in [1.54, 1.807) is 12.1 Å². The van der Waals surface area contributed by atoms with Crippen molar-refractivity contribution in [2.24, 2.45) is 17.4 Å². The Kier molecular flexibility index (Phi) is 16.5. The van der Waals surface area contributed by atoms with Crippen LogP contribution in [-0.4, -0.2) is 94.3 Å². The minimum Gasteiger partial charge on any atom is -0.481 e. The van der Waals surface area contributed by atoms with Crippen molar-refractivity contribution in [3.05, 3.63) is 48.0 Å². The van der Waals surface area contributed by atoms with Crippen LogP contribution in [0.15, 0.2) is 36.9 Å². The number of carboxylic acids is 2. The van der Waals surface area contributed by atoms with E-state index in [9.17, 15) is 39.0 Å². The molecular formula is C33H48N8O9. The van der Waals surface area contributed by atoms with Crippen molar-refractivity contribution in [1.82, 2.24) is 21.3 Å². The maximum absolute atomic E-state index is 13.6. The van der Waals surface area contributed by atoms with E-state index in [1.165, 1.54) is 25.1 Å². The third-order valence-corrected chi connectivity index (χ3v) is 8.27. The molecule has 12 N–H and O–H groups in total. The van der Waals surface area contributed by atoms with E-state index in [2.05, 4.69) is 27.8 Å². The molecule has 0 radical (unpaired) electrons. The van der Waals surface area contributed by atoms with Gasteiger partial charge in [0.15, 0.2) is 0 Å². The number of carbonyl (C=O) groups is 6. The number of aliphatic carboxylic acids is 2. The smallest absolute Gasteiger partial charge is 0.408 e. The fraction of sp³-hybridized carbons (Fsp3) is 0.515. The number of rotatable bonds is 20. The quantitative estimate of drug-likeness (QED) is 0.0508. The number of carbonyl (C=O) groups excluding carboxylic acids is 4. The predicted octanol–water partition coefficient (Wildman–Crippen LogP) is 0.535. The van der Waals surface area contributed by atoms with Crippen molar-refractivity contribution in [3.63, 3.8) is 0 Å². The first-order valence-electron chi connectivity index (χ1n) is 16.3. The second-order valence-corrected chi connectivity index (χ2v) is 12.2. The first-order valence-corrected chi connectivity index (χ1v) is 16.3. The van der Waals surface area contributed by atoms with Crippen LogP contribution >= 0.6 is 0 Å². The van der Waals surface area contributed by atoms with Crippen molar-refractivity contribution < 1.29 is 43.7 Å². The van der Waals surface area contributed by atoms with Crippen molar-refractivity contribution in [1.29, 1.82) is 10.8 Å². The molecule has 4 amide bonds. The summed E-state index contributed by atoms with van der Waals surface area (Å²) in [6.45, 7) is 4.58. The molecule has 1 saturated carbocycles. The van der Waals surface area contributed by atoms with E-state index in [1.807, 2.05) is 0 Å². The molecule has 0 saturated heterocycles. The molecule has 17 heteroatoms. The zero-order valence-corrected chi connectivity index (χ0v) is 28.0. The van der Waals surface area contributed by atoms with Crippen LogP contribution in [0.2, 0.25) is 0 Å². The highest BCUT2D eigenvalue weighted by molar-refractivity contribution is 5.99. The first-order chi connectivity index (χ1) is 23.6. The molecule has 1 fully saturated rings. The van der Waals surface area contributed by atoms with Crippen LogP contribution < -0.4 is 32.7 Å². The van der Waals surface area contributed by atoms with Gasteiger partial charge in [-0.05, 0) is 31.2 Å². The van der Waals surface area contributed by atoms with Gasteiger partial charge in [-0.2, -0.15) is 0 Å². The van der Waals surface area contributed by atoms with Gasteiger partial charge in [0.1, 0.15) is 36.6 Å². The van der Waals surface area contributed by atoms with Gasteiger partial charge >= 0.3 is 18.0 Å². The molecule has 1 aliphatic rings. The molecule has 0 heterocycles. The number of nitrogens with two attached hydrogens (primary N) is 2. The van der Waals surface area contributed by atoms with Crippen LogP contribution in [0.1, 0.15) is 69.4 Å². The summed E-state index contributed by atoms with van der Waals surface area (Å²) in [7, 11) is 0. The van der Waals surface area contributed by atoms with Gasteiger partial charge < -0.3 is 53.1 Å². The lowest BCUT2D eigenvalue weighted by molar-refractivity contribution is -0.143. The molecule has 1 aromatic carbocycles. The number of hydrogen-bond donors (Lipinski definition) is 10. The van der Waals surface area contributed by atoms with Gasteiger partial charge in [0, 0.05) is 24.1 Å². The monoisotopic (exact) mass is 700 g/mol. The Balaban J connectivity index is 2.32. The summed E-state index contributed by atoms with van der Waals surface area (Å²) in [5.74, 6) is -5.59. The molecule has 1 aromatic rings. The van der Waals surface area contributed by atoms with Crippen LogP contribution in [0.3, 0.4) is 0 Å². The standard InChI is InChI=1S/C33H48N8O9/c1-3-15-50-33(49)40-23(16-20-9-11-21(12-10-20)28(36)37)30(45)38-22(13-14-25(42)43)29(44)41-27(26(35)18(2)34)31(46)39-24(32(47)48)17-19-7-5-4-6-8-19/h3,9-12,19,22-24,26-27,34H,1,4-8,13-17,35H2,2H3,(H3,36,37)(H,38,45)(H,39,46)(H,40,49)(H,41,44)(H,42,43)(H,47,48)/t22-,23-,24-,26?,27-/m0/s1. The summed E-state index contributed by atoms with van der Waals surface area (Å²) in [4.78, 5) is 76.6. The second-order valence-electron chi connectivity index (χ2n) is 12.2. The summed E-state index contributed by atoms with van der Waals surface area (Å²) in [5, 5.41) is 44.4. The summed E-state index contributed by atoms with van der Waals surface area (Å²) >= 11 is 0. The summed E-state index contributed by atoms with van der Waals surface area (Å²) in [6.07, 6.45) is 3.91. The minimum atomic E-state index is -1.65. The number of amidine groups is 1. The fourth-order valence-electron chi connectivity index (χ4n) is 5.45. The zero-order valence-electron chi connectivity index (χ0n) is 28.0. The Morgan fingerprint density at radius 3 is 2.06 bits per heavy atom. The number of nitrogen functional groups attached to an aromatic ring is 1. The number of alkyl carbamates (subject to hydrolysis) is 1. The highest BCUT2D eigenvalue weighted by Crippen LogP contribution is 2.27. The number of ether oxygens (including phenoxy) is 1. The average molecular weight is 701 g/mol. The van der Waals surface area contributed by atoms with Gasteiger partial charge in [0.05, 0.1) is 6.04 Å². The molecule has 0 aliphatic heterocycles. The largest absolute Gasteiger partial charge is 0.481 e. The number of carboxylic acid groups (broad SMARTS) is 2. The number of hydrogen-bond acceptors (Lipinski definition) is 10. The highest BCUT2D eigenvalue weighted by Gasteiger charge is 2.36. The van der Waals surface area contributed by atoms with E-state index in [0.29, 0.717) is 11.1 Å². The van der Waals surface area contributed by atoms with Gasteiger partial charge in [-0.25, -0.2) is 9.59 Å². The number of nitrogens with one attached hydrogen (secondary N) is 6. The molecule has 0 aromatic heterocycles. The van der Waals surface area contributed by atoms with Crippen LogP contribution in [0.25, 0.3) is 0 Å². The average Bonchev–Trinajstić information content (AvgIpc) is 3.07. The van der Waals surface area contributed by atoms with Crippen LogP contribution in [-0.2, 0) is 35.1 Å². The summed E-state index contributed by atoms with van der Waals surface area (Å²) in [5.41, 5.74) is 12.3. The Morgan fingerprint density at radius 2 is 1.52 bits per heavy atom. The van der Waals surface area contributed by atoms with E-state index in [0.717, 1.165) is 32.1 Å². The number of benzene rings is 1. The van der Waals surface area contributed by atoms with Gasteiger partial charge in [-0.15, -0.1) is 0 Å². The second kappa shape index (κ2) is 20.3. The van der Waals surface area contributed by atoms with E-state index in [-0.39, 0.29) is 36.9 Å². The van der Waals surface area contributed by atoms with Gasteiger partial charge in [-0.1, -0.05) is 69.0 Å². The van der Waals surface area contributed by atoms with E-state index >= 15 is 0 Å². The predicted molar refractivity (Wildman–Crippen MR) is 182 cm³/mol. The molecule has 1 unspecified atom stereocenters. The Hall–Kier alpha value is -5.32. The molecule has 5 atom stereocenters. The maximum atomic E-state index is 13.6. The molecule has 2 rings (SSSR count). The summed E-state index contributed by atoms with van der Waals surface area (Å²) < 4.78 is 4.95. The molecule has 0 spiro atoms. The highest BCUT2D eigenvalue weighted by atomic mass is 16.5. The number of amides is 4. The Labute approximate surface area is 290 Å². The topological polar surface area (TPSA) is 300 Å². The third kappa shape index (κ3) is 13.7. The molecule has 1 aliphatic carbocycles. The summed E-state index contributed by atoms with van der Waals surface area (Å²) in [6, 6.07) is -1.04. The Bertz CT molecular complexity index is 1410. The van der Waals surface area contributed by atoms with Gasteiger partial charge in [0.2, 0.25) is 17.7 Å². The maximum Gasteiger partial charge on any atom is 0.408 e. The zero-order chi connectivity index (χ0) is 37.4.